The molecule has 1 saturated heterocycles. The van der Waals surface area contributed by atoms with E-state index in [2.05, 4.69) is 5.32 Å². The van der Waals surface area contributed by atoms with Crippen LogP contribution in [0, 0.1) is 6.92 Å². The molecule has 0 radical (unpaired) electrons. The minimum atomic E-state index is -4.08. The van der Waals surface area contributed by atoms with Crippen molar-refractivity contribution >= 4 is 0 Å². The first-order valence-corrected chi connectivity index (χ1v) is 8.10. The van der Waals surface area contributed by atoms with Crippen LogP contribution in [0.3, 0.4) is 0 Å². The van der Waals surface area contributed by atoms with Crippen LogP contribution < -0.4 is 5.32 Å². The average Bonchev–Trinajstić information content (AvgIpc) is 2.51. The van der Waals surface area contributed by atoms with E-state index >= 15 is 0 Å². The van der Waals surface area contributed by atoms with Crippen molar-refractivity contribution in [2.75, 3.05) is 26.2 Å². The van der Waals surface area contributed by atoms with Crippen LogP contribution >= 0.6 is 0 Å². The minimum Gasteiger partial charge on any atom is -0.387 e. The van der Waals surface area contributed by atoms with Crippen LogP contribution in [-0.4, -0.2) is 48.4 Å². The van der Waals surface area contributed by atoms with Gasteiger partial charge in [-0.2, -0.15) is 13.2 Å². The molecule has 1 atom stereocenters. The van der Waals surface area contributed by atoms with Gasteiger partial charge in [0.2, 0.25) is 0 Å². The van der Waals surface area contributed by atoms with Crippen LogP contribution in [0.4, 0.5) is 13.2 Å². The second kappa shape index (κ2) is 8.13. The van der Waals surface area contributed by atoms with E-state index in [0.717, 1.165) is 24.0 Å². The highest BCUT2D eigenvalue weighted by Gasteiger charge is 2.29. The Kier molecular flexibility index (Phi) is 6.44. The Bertz CT molecular complexity index is 468. The Labute approximate surface area is 135 Å². The minimum absolute atomic E-state index is 0.0855. The molecular formula is C17H25F3N2O. The molecule has 0 amide bonds. The molecule has 3 nitrogen and oxygen atoms in total. The molecule has 0 aliphatic carbocycles. The first-order chi connectivity index (χ1) is 10.8. The van der Waals surface area contributed by atoms with E-state index in [4.69, 9.17) is 0 Å². The summed E-state index contributed by atoms with van der Waals surface area (Å²) in [4.78, 5) is 1.86. The zero-order valence-electron chi connectivity index (χ0n) is 13.4. The second-order valence-electron chi connectivity index (χ2n) is 6.32. The summed E-state index contributed by atoms with van der Waals surface area (Å²) in [6, 6.07) is 8.04. The molecule has 1 aliphatic heterocycles. The standard InChI is InChI=1S/C17H25F3N2O/c1-13-2-4-14(5-3-13)16(23)12-21-15-6-9-22(10-7-15)11-8-17(18,19)20/h2-5,15-16,21,23H,6-12H2,1H3. The number of likely N-dealkylation sites (tertiary alicyclic amines) is 1. The van der Waals surface area contributed by atoms with Crippen molar-refractivity contribution in [1.29, 1.82) is 0 Å². The van der Waals surface area contributed by atoms with E-state index in [1.807, 2.05) is 36.1 Å². The average molecular weight is 330 g/mol. The lowest BCUT2D eigenvalue weighted by atomic mass is 10.0. The first-order valence-electron chi connectivity index (χ1n) is 8.10. The van der Waals surface area contributed by atoms with Gasteiger partial charge in [0.05, 0.1) is 12.5 Å². The highest BCUT2D eigenvalue weighted by atomic mass is 19.4. The third kappa shape index (κ3) is 6.49. The number of aliphatic hydroxyl groups excluding tert-OH is 1. The van der Waals surface area contributed by atoms with Gasteiger partial charge >= 0.3 is 6.18 Å². The van der Waals surface area contributed by atoms with Crippen molar-refractivity contribution in [3.63, 3.8) is 0 Å². The van der Waals surface area contributed by atoms with Crippen LogP contribution in [0.25, 0.3) is 0 Å². The summed E-state index contributed by atoms with van der Waals surface area (Å²) in [7, 11) is 0. The Balaban J connectivity index is 1.67. The molecule has 2 rings (SSSR count). The zero-order valence-corrected chi connectivity index (χ0v) is 13.4. The molecule has 1 aliphatic rings. The maximum Gasteiger partial charge on any atom is 0.390 e. The van der Waals surface area contributed by atoms with Crippen molar-refractivity contribution in [2.45, 2.75) is 44.5 Å². The number of nitrogens with zero attached hydrogens (tertiary/aromatic N) is 1. The molecule has 130 valence electrons. The van der Waals surface area contributed by atoms with Crippen LogP contribution in [-0.2, 0) is 0 Å². The molecule has 1 heterocycles. The third-order valence-electron chi connectivity index (χ3n) is 4.36. The number of nitrogens with one attached hydrogen (secondary N) is 1. The summed E-state index contributed by atoms with van der Waals surface area (Å²) in [5.41, 5.74) is 2.03. The van der Waals surface area contributed by atoms with Gasteiger partial charge in [-0.1, -0.05) is 29.8 Å². The SMILES string of the molecule is Cc1ccc(C(O)CNC2CCN(CCC(F)(F)F)CC2)cc1. The molecule has 6 heteroatoms. The van der Waals surface area contributed by atoms with Crippen LogP contribution in [0.2, 0.25) is 0 Å². The maximum absolute atomic E-state index is 12.2. The third-order valence-corrected chi connectivity index (χ3v) is 4.36. The molecule has 1 aromatic carbocycles. The summed E-state index contributed by atoms with van der Waals surface area (Å²) in [6.07, 6.45) is -3.74. The zero-order chi connectivity index (χ0) is 16.9. The van der Waals surface area contributed by atoms with E-state index in [1.54, 1.807) is 0 Å². The van der Waals surface area contributed by atoms with Crippen molar-refractivity contribution < 1.29 is 18.3 Å². The second-order valence-corrected chi connectivity index (χ2v) is 6.32. The molecule has 1 fully saturated rings. The van der Waals surface area contributed by atoms with Crippen LogP contribution in [0.1, 0.15) is 36.5 Å². The summed E-state index contributed by atoms with van der Waals surface area (Å²) >= 11 is 0. The van der Waals surface area contributed by atoms with Gasteiger partial charge in [-0.3, -0.25) is 0 Å². The van der Waals surface area contributed by atoms with Gasteiger partial charge in [-0.25, -0.2) is 0 Å². The number of piperidine rings is 1. The molecule has 2 N–H and O–H groups in total. The lowest BCUT2D eigenvalue weighted by Gasteiger charge is -2.33. The van der Waals surface area contributed by atoms with Crippen molar-refractivity contribution in [3.05, 3.63) is 35.4 Å². The van der Waals surface area contributed by atoms with Gasteiger partial charge in [0, 0.05) is 19.1 Å². The lowest BCUT2D eigenvalue weighted by molar-refractivity contribution is -0.138. The highest BCUT2D eigenvalue weighted by Crippen LogP contribution is 2.21. The van der Waals surface area contributed by atoms with Crippen molar-refractivity contribution in [1.82, 2.24) is 10.2 Å². The van der Waals surface area contributed by atoms with Crippen molar-refractivity contribution in [2.24, 2.45) is 0 Å². The highest BCUT2D eigenvalue weighted by molar-refractivity contribution is 5.23. The smallest absolute Gasteiger partial charge is 0.387 e. The number of benzene rings is 1. The Morgan fingerprint density at radius 3 is 2.39 bits per heavy atom. The van der Waals surface area contributed by atoms with Gasteiger partial charge < -0.3 is 15.3 Å². The van der Waals surface area contributed by atoms with Gasteiger partial charge in [-0.15, -0.1) is 0 Å². The fraction of sp³-hybridized carbons (Fsp3) is 0.647. The number of hydrogen-bond donors (Lipinski definition) is 2. The van der Waals surface area contributed by atoms with E-state index in [-0.39, 0.29) is 12.6 Å². The molecule has 1 aromatic rings. The van der Waals surface area contributed by atoms with E-state index in [9.17, 15) is 18.3 Å². The Morgan fingerprint density at radius 2 is 1.83 bits per heavy atom. The number of halogens is 3. The lowest BCUT2D eigenvalue weighted by Crippen LogP contribution is -2.44. The van der Waals surface area contributed by atoms with Gasteiger partial charge in [0.15, 0.2) is 0 Å². The first kappa shape index (κ1) is 18.2. The monoisotopic (exact) mass is 330 g/mol. The predicted molar refractivity (Wildman–Crippen MR) is 84.3 cm³/mol. The Morgan fingerprint density at radius 1 is 1.22 bits per heavy atom. The number of aryl methyl sites for hydroxylation is 1. The molecule has 0 spiro atoms. The molecule has 0 saturated carbocycles. The summed E-state index contributed by atoms with van der Waals surface area (Å²) < 4.78 is 36.6. The molecule has 1 unspecified atom stereocenters. The van der Waals surface area contributed by atoms with E-state index in [0.29, 0.717) is 19.6 Å². The number of alkyl halides is 3. The molecule has 0 aromatic heterocycles. The normalized spacial score (nSPS) is 19.0. The maximum atomic E-state index is 12.2. The van der Waals surface area contributed by atoms with Crippen LogP contribution in [0.5, 0.6) is 0 Å². The van der Waals surface area contributed by atoms with E-state index in [1.165, 1.54) is 0 Å². The number of hydrogen-bond acceptors (Lipinski definition) is 3. The fourth-order valence-electron chi connectivity index (χ4n) is 2.83. The van der Waals surface area contributed by atoms with Gasteiger partial charge in [-0.05, 0) is 38.4 Å². The summed E-state index contributed by atoms with van der Waals surface area (Å²) in [5, 5.41) is 13.5. The van der Waals surface area contributed by atoms with Gasteiger partial charge in [0.1, 0.15) is 0 Å². The largest absolute Gasteiger partial charge is 0.390 e. The summed E-state index contributed by atoms with van der Waals surface area (Å²) in [5.74, 6) is 0. The summed E-state index contributed by atoms with van der Waals surface area (Å²) in [6.45, 7) is 3.90. The van der Waals surface area contributed by atoms with Gasteiger partial charge in [0.25, 0.3) is 0 Å². The van der Waals surface area contributed by atoms with Crippen LogP contribution in [0.15, 0.2) is 24.3 Å². The fourth-order valence-corrected chi connectivity index (χ4v) is 2.83. The van der Waals surface area contributed by atoms with Crippen molar-refractivity contribution in [3.8, 4) is 0 Å². The predicted octanol–water partition coefficient (Wildman–Crippen LogP) is 3.03. The molecule has 23 heavy (non-hydrogen) atoms. The quantitative estimate of drug-likeness (QED) is 0.842. The van der Waals surface area contributed by atoms with E-state index < -0.39 is 18.7 Å². The molecule has 0 bridgehead atoms. The number of aliphatic hydroxyl groups is 1. The topological polar surface area (TPSA) is 35.5 Å². The Hall–Kier alpha value is -1.11. The number of rotatable bonds is 6. The molecular weight excluding hydrogens is 305 g/mol.